The number of nitrogens with one attached hydrogen (secondary N) is 1. The second-order valence-corrected chi connectivity index (χ2v) is 5.19. The van der Waals surface area contributed by atoms with E-state index in [4.69, 9.17) is 16.0 Å². The highest BCUT2D eigenvalue weighted by Crippen LogP contribution is 2.29. The summed E-state index contributed by atoms with van der Waals surface area (Å²) in [5, 5.41) is 4.70. The van der Waals surface area contributed by atoms with Crippen LogP contribution < -0.4 is 5.32 Å². The van der Waals surface area contributed by atoms with Crippen LogP contribution in [0.25, 0.3) is 11.0 Å². The number of amides is 1. The van der Waals surface area contributed by atoms with Crippen molar-refractivity contribution in [2.24, 2.45) is 0 Å². The predicted molar refractivity (Wildman–Crippen MR) is 85.5 cm³/mol. The van der Waals surface area contributed by atoms with Gasteiger partial charge in [-0.2, -0.15) is 0 Å². The van der Waals surface area contributed by atoms with Crippen LogP contribution in [0, 0.1) is 0 Å². The molecule has 0 unspecified atom stereocenters. The summed E-state index contributed by atoms with van der Waals surface area (Å²) in [6.07, 6.45) is 0.495. The van der Waals surface area contributed by atoms with Gasteiger partial charge < -0.3 is 14.6 Å². The van der Waals surface area contributed by atoms with Gasteiger partial charge in [-0.1, -0.05) is 18.2 Å². The van der Waals surface area contributed by atoms with E-state index in [2.05, 4.69) is 5.32 Å². The fraction of sp³-hybridized carbons (Fsp3) is 0.438. The standard InChI is InChI=1S/C16H21ClN2O2/c1-3-19(4-2)15(20)9-10-18-11-13-12-7-5-6-8-14(12)21-16(13)17/h5-8,18H,3-4,9-11H2,1-2H3. The molecule has 0 aliphatic rings. The molecule has 2 aromatic rings. The number of carbonyl (C=O) groups excluding carboxylic acids is 1. The molecule has 0 aliphatic heterocycles. The lowest BCUT2D eigenvalue weighted by Crippen LogP contribution is -2.32. The van der Waals surface area contributed by atoms with Crippen molar-refractivity contribution >= 4 is 28.5 Å². The Morgan fingerprint density at radius 2 is 2.00 bits per heavy atom. The molecule has 0 saturated carbocycles. The predicted octanol–water partition coefficient (Wildman–Crippen LogP) is 3.43. The van der Waals surface area contributed by atoms with E-state index in [1.165, 1.54) is 0 Å². The van der Waals surface area contributed by atoms with Crippen molar-refractivity contribution in [1.29, 1.82) is 0 Å². The zero-order valence-electron chi connectivity index (χ0n) is 12.5. The number of nitrogens with zero attached hydrogens (tertiary/aromatic N) is 1. The third kappa shape index (κ3) is 3.77. The number of para-hydroxylation sites is 1. The fourth-order valence-corrected chi connectivity index (χ4v) is 2.63. The maximum Gasteiger partial charge on any atom is 0.223 e. The van der Waals surface area contributed by atoms with Crippen LogP contribution in [-0.2, 0) is 11.3 Å². The number of rotatable bonds is 7. The van der Waals surface area contributed by atoms with Crippen molar-refractivity contribution in [3.05, 3.63) is 35.0 Å². The summed E-state index contributed by atoms with van der Waals surface area (Å²) in [5.41, 5.74) is 1.74. The molecule has 114 valence electrons. The third-order valence-corrected chi connectivity index (χ3v) is 3.89. The van der Waals surface area contributed by atoms with Gasteiger partial charge in [-0.15, -0.1) is 0 Å². The van der Waals surface area contributed by atoms with Crippen LogP contribution in [-0.4, -0.2) is 30.4 Å². The molecule has 4 nitrogen and oxygen atoms in total. The van der Waals surface area contributed by atoms with Gasteiger partial charge in [0.15, 0.2) is 5.22 Å². The van der Waals surface area contributed by atoms with Gasteiger partial charge in [0.1, 0.15) is 5.58 Å². The third-order valence-electron chi connectivity index (χ3n) is 3.58. The Balaban J connectivity index is 1.88. The Morgan fingerprint density at radius 3 is 2.71 bits per heavy atom. The van der Waals surface area contributed by atoms with Gasteiger partial charge in [0, 0.05) is 43.5 Å². The van der Waals surface area contributed by atoms with Gasteiger partial charge in [-0.25, -0.2) is 0 Å². The number of fused-ring (bicyclic) bond motifs is 1. The van der Waals surface area contributed by atoms with E-state index in [0.717, 1.165) is 29.6 Å². The van der Waals surface area contributed by atoms with Crippen molar-refractivity contribution in [2.75, 3.05) is 19.6 Å². The first-order chi connectivity index (χ1) is 10.2. The fourth-order valence-electron chi connectivity index (χ4n) is 2.38. The molecule has 1 aromatic heterocycles. The minimum Gasteiger partial charge on any atom is -0.444 e. The molecule has 0 spiro atoms. The molecule has 0 radical (unpaired) electrons. The van der Waals surface area contributed by atoms with Gasteiger partial charge >= 0.3 is 0 Å². The summed E-state index contributed by atoms with van der Waals surface area (Å²) >= 11 is 6.12. The smallest absolute Gasteiger partial charge is 0.223 e. The highest BCUT2D eigenvalue weighted by molar-refractivity contribution is 6.30. The summed E-state index contributed by atoms with van der Waals surface area (Å²) < 4.78 is 5.50. The van der Waals surface area contributed by atoms with Gasteiger partial charge in [0.05, 0.1) is 0 Å². The second kappa shape index (κ2) is 7.48. The number of hydrogen-bond donors (Lipinski definition) is 1. The van der Waals surface area contributed by atoms with Gasteiger partial charge in [0.2, 0.25) is 5.91 Å². The molecular formula is C16H21ClN2O2. The lowest BCUT2D eigenvalue weighted by atomic mass is 10.2. The first-order valence-electron chi connectivity index (χ1n) is 7.31. The molecule has 0 bridgehead atoms. The Morgan fingerprint density at radius 1 is 1.29 bits per heavy atom. The van der Waals surface area contributed by atoms with Crippen LogP contribution in [0.4, 0.5) is 0 Å². The molecule has 0 atom stereocenters. The van der Waals surface area contributed by atoms with E-state index < -0.39 is 0 Å². The number of halogens is 1. The monoisotopic (exact) mass is 308 g/mol. The normalized spacial score (nSPS) is 11.0. The zero-order chi connectivity index (χ0) is 15.2. The van der Waals surface area contributed by atoms with Crippen LogP contribution in [0.3, 0.4) is 0 Å². The SMILES string of the molecule is CCN(CC)C(=O)CCNCc1c(Cl)oc2ccccc12. The lowest BCUT2D eigenvalue weighted by Gasteiger charge is -2.18. The average Bonchev–Trinajstić information content (AvgIpc) is 2.80. The summed E-state index contributed by atoms with van der Waals surface area (Å²) in [6.45, 7) is 6.73. The zero-order valence-corrected chi connectivity index (χ0v) is 13.2. The molecule has 0 saturated heterocycles. The molecule has 1 N–H and O–H groups in total. The van der Waals surface area contributed by atoms with Gasteiger partial charge in [-0.3, -0.25) is 4.79 Å². The molecule has 2 rings (SSSR count). The quantitative estimate of drug-likeness (QED) is 0.797. The molecule has 1 heterocycles. The highest BCUT2D eigenvalue weighted by atomic mass is 35.5. The minimum atomic E-state index is 0.177. The number of furan rings is 1. The second-order valence-electron chi connectivity index (χ2n) is 4.84. The van der Waals surface area contributed by atoms with E-state index in [0.29, 0.717) is 24.7 Å². The van der Waals surface area contributed by atoms with Crippen molar-refractivity contribution < 1.29 is 9.21 Å². The van der Waals surface area contributed by atoms with Crippen molar-refractivity contribution in [3.8, 4) is 0 Å². The molecular weight excluding hydrogens is 288 g/mol. The van der Waals surface area contributed by atoms with Crippen molar-refractivity contribution in [2.45, 2.75) is 26.8 Å². The van der Waals surface area contributed by atoms with Crippen molar-refractivity contribution in [1.82, 2.24) is 10.2 Å². The highest BCUT2D eigenvalue weighted by Gasteiger charge is 2.12. The van der Waals surface area contributed by atoms with Gasteiger partial charge in [0.25, 0.3) is 0 Å². The van der Waals surface area contributed by atoms with E-state index in [1.54, 1.807) is 0 Å². The summed E-state index contributed by atoms with van der Waals surface area (Å²) in [4.78, 5) is 13.7. The number of carbonyl (C=O) groups is 1. The summed E-state index contributed by atoms with van der Waals surface area (Å²) in [5.74, 6) is 0.177. The largest absolute Gasteiger partial charge is 0.444 e. The van der Waals surface area contributed by atoms with Crippen LogP contribution in [0.1, 0.15) is 25.8 Å². The Hall–Kier alpha value is -1.52. The van der Waals surface area contributed by atoms with Crippen LogP contribution in [0.2, 0.25) is 5.22 Å². The molecule has 1 amide bonds. The Bertz CT molecular complexity index is 605. The molecule has 5 heteroatoms. The first-order valence-corrected chi connectivity index (χ1v) is 7.69. The van der Waals surface area contributed by atoms with E-state index in [9.17, 15) is 4.79 Å². The molecule has 0 fully saturated rings. The van der Waals surface area contributed by atoms with Crippen LogP contribution >= 0.6 is 11.6 Å². The van der Waals surface area contributed by atoms with Gasteiger partial charge in [-0.05, 0) is 31.5 Å². The maximum atomic E-state index is 11.9. The average molecular weight is 309 g/mol. The maximum absolute atomic E-state index is 11.9. The molecule has 21 heavy (non-hydrogen) atoms. The lowest BCUT2D eigenvalue weighted by molar-refractivity contribution is -0.130. The van der Waals surface area contributed by atoms with E-state index in [1.807, 2.05) is 43.0 Å². The van der Waals surface area contributed by atoms with Crippen LogP contribution in [0.15, 0.2) is 28.7 Å². The summed E-state index contributed by atoms with van der Waals surface area (Å²) in [6, 6.07) is 7.76. The molecule has 0 aliphatic carbocycles. The Kier molecular flexibility index (Phi) is 5.65. The summed E-state index contributed by atoms with van der Waals surface area (Å²) in [7, 11) is 0. The first kappa shape index (κ1) is 15.9. The topological polar surface area (TPSA) is 45.5 Å². The minimum absolute atomic E-state index is 0.177. The van der Waals surface area contributed by atoms with E-state index >= 15 is 0 Å². The van der Waals surface area contributed by atoms with Crippen LogP contribution in [0.5, 0.6) is 0 Å². The van der Waals surface area contributed by atoms with Crippen molar-refractivity contribution in [3.63, 3.8) is 0 Å². The van der Waals surface area contributed by atoms with E-state index in [-0.39, 0.29) is 5.91 Å². The number of hydrogen-bond acceptors (Lipinski definition) is 3. The number of benzene rings is 1. The molecule has 1 aromatic carbocycles. The Labute approximate surface area is 130 Å².